The van der Waals surface area contributed by atoms with Gasteiger partial charge in [-0.15, -0.1) is 0 Å². The summed E-state index contributed by atoms with van der Waals surface area (Å²) in [6.07, 6.45) is 3.92. The van der Waals surface area contributed by atoms with Crippen molar-refractivity contribution in [3.8, 4) is 0 Å². The van der Waals surface area contributed by atoms with Crippen LogP contribution in [0.15, 0.2) is 0 Å². The maximum absolute atomic E-state index is 12.5. The number of carbonyl (C=O) groups is 1. The lowest BCUT2D eigenvalue weighted by molar-refractivity contribution is -0.138. The molecule has 0 aromatic carbocycles. The Morgan fingerprint density at radius 1 is 1.10 bits per heavy atom. The molecule has 2 unspecified atom stereocenters. The van der Waals surface area contributed by atoms with Crippen molar-refractivity contribution >= 4 is 16.1 Å². The van der Waals surface area contributed by atoms with Crippen LogP contribution in [0.1, 0.15) is 25.7 Å². The van der Waals surface area contributed by atoms with E-state index in [2.05, 4.69) is 0 Å². The van der Waals surface area contributed by atoms with E-state index in [-0.39, 0.29) is 17.9 Å². The maximum Gasteiger partial charge on any atom is 0.281 e. The molecule has 122 valence electrons. The largest absolute Gasteiger partial charge is 0.340 e. The van der Waals surface area contributed by atoms with Crippen molar-refractivity contribution in [3.05, 3.63) is 0 Å². The highest BCUT2D eigenvalue weighted by molar-refractivity contribution is 7.86. The minimum atomic E-state index is -3.38. The molecule has 0 bridgehead atoms. The smallest absolute Gasteiger partial charge is 0.281 e. The number of hydrogen-bond donors (Lipinski definition) is 1. The first-order valence-electron chi connectivity index (χ1n) is 7.56. The van der Waals surface area contributed by atoms with Crippen molar-refractivity contribution in [2.24, 2.45) is 11.7 Å². The molecule has 1 amide bonds. The van der Waals surface area contributed by atoms with Crippen LogP contribution in [-0.4, -0.2) is 74.2 Å². The van der Waals surface area contributed by atoms with Crippen molar-refractivity contribution in [1.82, 2.24) is 13.5 Å². The van der Waals surface area contributed by atoms with E-state index in [1.165, 1.54) is 22.7 Å². The van der Waals surface area contributed by atoms with Gasteiger partial charge in [0.25, 0.3) is 10.2 Å². The Morgan fingerprint density at radius 2 is 1.67 bits per heavy atom. The molecule has 1 aliphatic heterocycles. The van der Waals surface area contributed by atoms with Crippen LogP contribution < -0.4 is 5.73 Å². The average molecular weight is 318 g/mol. The standard InChI is InChI=1S/C13H26N4O3S/c1-15(2)21(19,20)17-9-7-16(8-10-17)13(18)11-5-3-4-6-12(11)14/h11-12H,3-10,14H2,1-2H3. The summed E-state index contributed by atoms with van der Waals surface area (Å²) in [5.41, 5.74) is 6.06. The van der Waals surface area contributed by atoms with Crippen molar-refractivity contribution < 1.29 is 13.2 Å². The highest BCUT2D eigenvalue weighted by Gasteiger charge is 2.35. The summed E-state index contributed by atoms with van der Waals surface area (Å²) in [4.78, 5) is 14.3. The van der Waals surface area contributed by atoms with E-state index in [1.54, 1.807) is 4.90 Å². The van der Waals surface area contributed by atoms with Gasteiger partial charge >= 0.3 is 0 Å². The number of nitrogens with zero attached hydrogens (tertiary/aromatic N) is 3. The number of amides is 1. The van der Waals surface area contributed by atoms with E-state index in [9.17, 15) is 13.2 Å². The van der Waals surface area contributed by atoms with Gasteiger partial charge < -0.3 is 10.6 Å². The third-order valence-corrected chi connectivity index (χ3v) is 6.42. The predicted molar refractivity (Wildman–Crippen MR) is 80.7 cm³/mol. The molecule has 2 fully saturated rings. The van der Waals surface area contributed by atoms with E-state index in [4.69, 9.17) is 5.73 Å². The second kappa shape index (κ2) is 6.60. The fourth-order valence-corrected chi connectivity index (χ4v) is 4.16. The molecule has 1 saturated carbocycles. The average Bonchev–Trinajstić information content (AvgIpc) is 2.47. The van der Waals surface area contributed by atoms with E-state index in [0.717, 1.165) is 25.7 Å². The zero-order valence-electron chi connectivity index (χ0n) is 12.9. The Hall–Kier alpha value is -0.700. The van der Waals surface area contributed by atoms with Crippen molar-refractivity contribution in [1.29, 1.82) is 0 Å². The van der Waals surface area contributed by atoms with Crippen molar-refractivity contribution in [2.75, 3.05) is 40.3 Å². The summed E-state index contributed by atoms with van der Waals surface area (Å²) in [7, 11) is -0.337. The summed E-state index contributed by atoms with van der Waals surface area (Å²) in [5, 5.41) is 0. The highest BCUT2D eigenvalue weighted by atomic mass is 32.2. The first-order valence-corrected chi connectivity index (χ1v) is 8.95. The highest BCUT2D eigenvalue weighted by Crippen LogP contribution is 2.25. The molecule has 2 rings (SSSR count). The van der Waals surface area contributed by atoms with Crippen LogP contribution in [0.4, 0.5) is 0 Å². The Bertz CT molecular complexity index is 472. The Kier molecular flexibility index (Phi) is 5.24. The van der Waals surface area contributed by atoms with Gasteiger partial charge in [0.1, 0.15) is 0 Å². The van der Waals surface area contributed by atoms with Gasteiger partial charge in [0.2, 0.25) is 5.91 Å². The van der Waals surface area contributed by atoms with Crippen LogP contribution in [0, 0.1) is 5.92 Å². The number of hydrogen-bond acceptors (Lipinski definition) is 4. The summed E-state index contributed by atoms with van der Waals surface area (Å²) >= 11 is 0. The second-order valence-electron chi connectivity index (χ2n) is 6.07. The van der Waals surface area contributed by atoms with Gasteiger partial charge in [-0.2, -0.15) is 17.0 Å². The minimum Gasteiger partial charge on any atom is -0.340 e. The van der Waals surface area contributed by atoms with E-state index in [0.29, 0.717) is 26.2 Å². The Morgan fingerprint density at radius 3 is 2.19 bits per heavy atom. The lowest BCUT2D eigenvalue weighted by Crippen LogP contribution is -2.55. The fraction of sp³-hybridized carbons (Fsp3) is 0.923. The van der Waals surface area contributed by atoms with Gasteiger partial charge in [0.15, 0.2) is 0 Å². The van der Waals surface area contributed by atoms with Crippen LogP contribution in [0.5, 0.6) is 0 Å². The molecule has 0 aromatic rings. The molecule has 2 atom stereocenters. The maximum atomic E-state index is 12.5. The third-order valence-electron chi connectivity index (χ3n) is 4.47. The first kappa shape index (κ1) is 16.7. The van der Waals surface area contributed by atoms with Gasteiger partial charge in [0.05, 0.1) is 5.92 Å². The Balaban J connectivity index is 1.93. The van der Waals surface area contributed by atoms with E-state index in [1.807, 2.05) is 0 Å². The molecule has 1 aliphatic carbocycles. The van der Waals surface area contributed by atoms with Crippen LogP contribution >= 0.6 is 0 Å². The molecule has 2 aliphatic rings. The molecule has 2 N–H and O–H groups in total. The van der Waals surface area contributed by atoms with E-state index < -0.39 is 10.2 Å². The number of nitrogens with two attached hydrogens (primary N) is 1. The molecule has 0 radical (unpaired) electrons. The van der Waals surface area contributed by atoms with Gasteiger partial charge in [-0.3, -0.25) is 4.79 Å². The molecule has 7 nitrogen and oxygen atoms in total. The topological polar surface area (TPSA) is 87.0 Å². The molecular weight excluding hydrogens is 292 g/mol. The van der Waals surface area contributed by atoms with Crippen LogP contribution in [0.3, 0.4) is 0 Å². The second-order valence-corrected chi connectivity index (χ2v) is 8.21. The van der Waals surface area contributed by atoms with Gasteiger partial charge in [0, 0.05) is 46.3 Å². The predicted octanol–water partition coefficient (Wildman–Crippen LogP) is -0.545. The molecule has 0 spiro atoms. The molecule has 0 aromatic heterocycles. The SMILES string of the molecule is CN(C)S(=O)(=O)N1CCN(C(=O)C2CCCCC2N)CC1. The third kappa shape index (κ3) is 3.56. The normalized spacial score (nSPS) is 28.9. The Labute approximate surface area is 127 Å². The van der Waals surface area contributed by atoms with E-state index >= 15 is 0 Å². The van der Waals surface area contributed by atoms with Crippen LogP contribution in [0.2, 0.25) is 0 Å². The molecule has 8 heteroatoms. The summed E-state index contributed by atoms with van der Waals surface area (Å²) in [6.45, 7) is 1.62. The summed E-state index contributed by atoms with van der Waals surface area (Å²) in [5.74, 6) is 0.0138. The fourth-order valence-electron chi connectivity index (χ4n) is 3.07. The lowest BCUT2D eigenvalue weighted by atomic mass is 9.84. The zero-order valence-corrected chi connectivity index (χ0v) is 13.7. The van der Waals surface area contributed by atoms with Crippen LogP contribution in [0.25, 0.3) is 0 Å². The molecule has 1 saturated heterocycles. The van der Waals surface area contributed by atoms with Gasteiger partial charge in [-0.25, -0.2) is 0 Å². The summed E-state index contributed by atoms with van der Waals surface area (Å²) < 4.78 is 26.7. The van der Waals surface area contributed by atoms with Gasteiger partial charge in [-0.1, -0.05) is 12.8 Å². The number of carbonyl (C=O) groups excluding carboxylic acids is 1. The quantitative estimate of drug-likeness (QED) is 0.757. The molecule has 1 heterocycles. The van der Waals surface area contributed by atoms with Crippen LogP contribution in [-0.2, 0) is 15.0 Å². The van der Waals surface area contributed by atoms with Crippen molar-refractivity contribution in [2.45, 2.75) is 31.7 Å². The monoisotopic (exact) mass is 318 g/mol. The van der Waals surface area contributed by atoms with Crippen molar-refractivity contribution in [3.63, 3.8) is 0 Å². The molecule has 21 heavy (non-hydrogen) atoms. The number of piperazine rings is 1. The first-order chi connectivity index (χ1) is 9.84. The minimum absolute atomic E-state index is 0.0465. The zero-order chi connectivity index (χ0) is 15.6. The summed E-state index contributed by atoms with van der Waals surface area (Å²) in [6, 6.07) is -0.0465. The van der Waals surface area contributed by atoms with Gasteiger partial charge in [-0.05, 0) is 12.8 Å². The molecular formula is C13H26N4O3S. The lowest BCUT2D eigenvalue weighted by Gasteiger charge is -2.38. The number of rotatable bonds is 3.